The summed E-state index contributed by atoms with van der Waals surface area (Å²) < 4.78 is 11.3. The maximum atomic E-state index is 13.0. The van der Waals surface area contributed by atoms with E-state index >= 15 is 0 Å². The van der Waals surface area contributed by atoms with E-state index in [-0.39, 0.29) is 24.2 Å². The zero-order valence-corrected chi connectivity index (χ0v) is 16.1. The number of nitrogens with zero attached hydrogens (tertiary/aromatic N) is 2. The number of hydrogen-bond donors (Lipinski definition) is 0. The second kappa shape index (κ2) is 8.51. The van der Waals surface area contributed by atoms with E-state index in [4.69, 9.17) is 9.15 Å². The van der Waals surface area contributed by atoms with Crippen LogP contribution in [-0.4, -0.2) is 43.5 Å². The van der Waals surface area contributed by atoms with Gasteiger partial charge in [-0.15, -0.1) is 0 Å². The zero-order valence-electron chi connectivity index (χ0n) is 14.6. The predicted octanol–water partition coefficient (Wildman–Crippen LogP) is 3.07. The molecule has 6 nitrogen and oxygen atoms in total. The molecule has 0 bridgehead atoms. The third-order valence-corrected chi connectivity index (χ3v) is 5.09. The highest BCUT2D eigenvalue weighted by molar-refractivity contribution is 9.10. The van der Waals surface area contributed by atoms with E-state index in [0.717, 1.165) is 10.2 Å². The van der Waals surface area contributed by atoms with Crippen LogP contribution in [0.5, 0.6) is 0 Å². The molecule has 0 spiro atoms. The first kappa shape index (κ1) is 18.7. The maximum Gasteiger partial charge on any atom is 0.228 e. The smallest absolute Gasteiger partial charge is 0.228 e. The lowest BCUT2D eigenvalue weighted by Gasteiger charge is -2.24. The summed E-state index contributed by atoms with van der Waals surface area (Å²) in [7, 11) is 1.60. The molecule has 1 aromatic heterocycles. The average Bonchev–Trinajstić information content (AvgIpc) is 3.28. The topological polar surface area (TPSA) is 63.0 Å². The molecule has 26 heavy (non-hydrogen) atoms. The first-order valence-electron chi connectivity index (χ1n) is 8.45. The molecule has 0 aliphatic carbocycles. The molecule has 3 rings (SSSR count). The number of para-hydroxylation sites is 1. The quantitative estimate of drug-likeness (QED) is 0.690. The molecule has 0 N–H and O–H groups in total. The number of rotatable bonds is 7. The van der Waals surface area contributed by atoms with Crippen molar-refractivity contribution in [3.05, 3.63) is 52.9 Å². The van der Waals surface area contributed by atoms with Crippen LogP contribution in [-0.2, 0) is 20.9 Å². The van der Waals surface area contributed by atoms with Gasteiger partial charge in [0.15, 0.2) is 0 Å². The fourth-order valence-corrected chi connectivity index (χ4v) is 3.59. The van der Waals surface area contributed by atoms with Gasteiger partial charge in [0.1, 0.15) is 5.76 Å². The summed E-state index contributed by atoms with van der Waals surface area (Å²) in [6.45, 7) is 1.63. The van der Waals surface area contributed by atoms with E-state index in [1.165, 1.54) is 0 Å². The van der Waals surface area contributed by atoms with Gasteiger partial charge in [-0.3, -0.25) is 9.59 Å². The summed E-state index contributed by atoms with van der Waals surface area (Å²) in [5.41, 5.74) is 0.794. The van der Waals surface area contributed by atoms with Crippen LogP contribution in [0.25, 0.3) is 0 Å². The lowest BCUT2D eigenvalue weighted by atomic mass is 10.1. The molecule has 1 fully saturated rings. The standard InChI is InChI=1S/C19H21BrN2O4/c1-25-10-8-21(13-15-5-4-9-26-15)19(24)14-11-18(23)22(12-14)17-7-3-2-6-16(17)20/h2-7,9,14H,8,10-13H2,1H3/t14-/m1/s1. The van der Waals surface area contributed by atoms with Crippen molar-refractivity contribution in [3.63, 3.8) is 0 Å². The lowest BCUT2D eigenvalue weighted by Crippen LogP contribution is -2.39. The number of halogens is 1. The number of anilines is 1. The molecule has 0 unspecified atom stereocenters. The molecule has 2 amide bonds. The molecule has 1 aliphatic rings. The molecule has 1 aliphatic heterocycles. The number of amides is 2. The fraction of sp³-hybridized carbons (Fsp3) is 0.368. The molecule has 2 aromatic rings. The van der Waals surface area contributed by atoms with Crippen molar-refractivity contribution in [1.82, 2.24) is 4.90 Å². The first-order chi connectivity index (χ1) is 12.6. The zero-order chi connectivity index (χ0) is 18.5. The Bertz CT molecular complexity index is 763. The Kier molecular flexibility index (Phi) is 6.11. The maximum absolute atomic E-state index is 13.0. The molecule has 0 radical (unpaired) electrons. The Labute approximate surface area is 160 Å². The predicted molar refractivity (Wildman–Crippen MR) is 101 cm³/mol. The minimum Gasteiger partial charge on any atom is -0.467 e. The van der Waals surface area contributed by atoms with Crippen molar-refractivity contribution in [2.45, 2.75) is 13.0 Å². The van der Waals surface area contributed by atoms with Gasteiger partial charge in [0.2, 0.25) is 11.8 Å². The Hall–Kier alpha value is -2.12. The number of ether oxygens (including phenoxy) is 1. The van der Waals surface area contributed by atoms with Crippen molar-refractivity contribution in [3.8, 4) is 0 Å². The number of methoxy groups -OCH3 is 1. The molecular formula is C19H21BrN2O4. The lowest BCUT2D eigenvalue weighted by molar-refractivity contribution is -0.137. The Morgan fingerprint density at radius 1 is 1.35 bits per heavy atom. The molecule has 138 valence electrons. The Balaban J connectivity index is 1.73. The van der Waals surface area contributed by atoms with Gasteiger partial charge in [-0.05, 0) is 40.2 Å². The van der Waals surface area contributed by atoms with Crippen LogP contribution in [0, 0.1) is 5.92 Å². The van der Waals surface area contributed by atoms with Gasteiger partial charge in [-0.2, -0.15) is 0 Å². The van der Waals surface area contributed by atoms with Gasteiger partial charge in [0.25, 0.3) is 0 Å². The highest BCUT2D eigenvalue weighted by Gasteiger charge is 2.37. The largest absolute Gasteiger partial charge is 0.467 e. The third-order valence-electron chi connectivity index (χ3n) is 4.42. The van der Waals surface area contributed by atoms with Gasteiger partial charge in [-0.1, -0.05) is 12.1 Å². The van der Waals surface area contributed by atoms with Crippen molar-refractivity contribution in [2.24, 2.45) is 5.92 Å². The highest BCUT2D eigenvalue weighted by Crippen LogP contribution is 2.32. The van der Waals surface area contributed by atoms with E-state index < -0.39 is 0 Å². The number of furan rings is 1. The van der Waals surface area contributed by atoms with Crippen LogP contribution in [0.4, 0.5) is 5.69 Å². The van der Waals surface area contributed by atoms with Crippen LogP contribution >= 0.6 is 15.9 Å². The number of carbonyl (C=O) groups is 2. The van der Waals surface area contributed by atoms with Crippen LogP contribution in [0.3, 0.4) is 0 Å². The normalized spacial score (nSPS) is 16.9. The van der Waals surface area contributed by atoms with E-state index in [9.17, 15) is 9.59 Å². The van der Waals surface area contributed by atoms with Crippen LogP contribution in [0.15, 0.2) is 51.6 Å². The summed E-state index contributed by atoms with van der Waals surface area (Å²) in [6.07, 6.45) is 1.80. The summed E-state index contributed by atoms with van der Waals surface area (Å²) in [5, 5.41) is 0. The van der Waals surface area contributed by atoms with E-state index in [1.54, 1.807) is 29.2 Å². The molecule has 0 saturated carbocycles. The van der Waals surface area contributed by atoms with Crippen molar-refractivity contribution in [2.75, 3.05) is 31.7 Å². The van der Waals surface area contributed by atoms with Crippen molar-refractivity contribution < 1.29 is 18.7 Å². The van der Waals surface area contributed by atoms with Gasteiger partial charge in [-0.25, -0.2) is 0 Å². The van der Waals surface area contributed by atoms with Gasteiger partial charge >= 0.3 is 0 Å². The van der Waals surface area contributed by atoms with Gasteiger partial charge < -0.3 is 19.0 Å². The number of hydrogen-bond acceptors (Lipinski definition) is 4. The van der Waals surface area contributed by atoms with Crippen LogP contribution in [0.1, 0.15) is 12.2 Å². The Morgan fingerprint density at radius 2 is 2.15 bits per heavy atom. The molecular weight excluding hydrogens is 400 g/mol. The Morgan fingerprint density at radius 3 is 2.85 bits per heavy atom. The molecule has 7 heteroatoms. The summed E-state index contributed by atoms with van der Waals surface area (Å²) in [5.74, 6) is 0.240. The summed E-state index contributed by atoms with van der Waals surface area (Å²) in [6, 6.07) is 11.2. The van der Waals surface area contributed by atoms with Crippen molar-refractivity contribution in [1.29, 1.82) is 0 Å². The van der Waals surface area contributed by atoms with E-state index in [2.05, 4.69) is 15.9 Å². The van der Waals surface area contributed by atoms with Crippen LogP contribution < -0.4 is 4.90 Å². The second-order valence-electron chi connectivity index (χ2n) is 6.19. The molecule has 1 saturated heterocycles. The third kappa shape index (κ3) is 4.16. The molecule has 1 atom stereocenters. The van der Waals surface area contributed by atoms with Crippen LogP contribution in [0.2, 0.25) is 0 Å². The first-order valence-corrected chi connectivity index (χ1v) is 9.24. The molecule has 2 heterocycles. The van der Waals surface area contributed by atoms with Gasteiger partial charge in [0, 0.05) is 31.1 Å². The van der Waals surface area contributed by atoms with Gasteiger partial charge in [0.05, 0.1) is 31.0 Å². The minimum atomic E-state index is -0.374. The minimum absolute atomic E-state index is 0.0417. The highest BCUT2D eigenvalue weighted by atomic mass is 79.9. The average molecular weight is 421 g/mol. The summed E-state index contributed by atoms with van der Waals surface area (Å²) >= 11 is 3.48. The monoisotopic (exact) mass is 420 g/mol. The number of carbonyl (C=O) groups excluding carboxylic acids is 2. The summed E-state index contributed by atoms with van der Waals surface area (Å²) in [4.78, 5) is 28.9. The molecule has 1 aromatic carbocycles. The van der Waals surface area contributed by atoms with E-state index in [0.29, 0.717) is 32.0 Å². The van der Waals surface area contributed by atoms with E-state index in [1.807, 2.05) is 30.3 Å². The number of benzene rings is 1. The second-order valence-corrected chi connectivity index (χ2v) is 7.04. The fourth-order valence-electron chi connectivity index (χ4n) is 3.09. The van der Waals surface area contributed by atoms with Crippen molar-refractivity contribution >= 4 is 33.4 Å². The SMILES string of the molecule is COCCN(Cc1ccco1)C(=O)[C@@H]1CC(=O)N(c2ccccc2Br)C1.